The van der Waals surface area contributed by atoms with Crippen LogP contribution in [0.25, 0.3) is 0 Å². The fourth-order valence-corrected chi connectivity index (χ4v) is 4.63. The summed E-state index contributed by atoms with van der Waals surface area (Å²) in [6.45, 7) is 4.53. The minimum atomic E-state index is -3.43. The third-order valence-corrected chi connectivity index (χ3v) is 5.94. The van der Waals surface area contributed by atoms with Gasteiger partial charge in [0.05, 0.1) is 6.54 Å². The first kappa shape index (κ1) is 15.0. The summed E-state index contributed by atoms with van der Waals surface area (Å²) in [6, 6.07) is 1.61. The highest BCUT2D eigenvalue weighted by Crippen LogP contribution is 2.30. The van der Waals surface area contributed by atoms with E-state index < -0.39 is 10.0 Å². The molecule has 2 rings (SSSR count). The van der Waals surface area contributed by atoms with E-state index in [1.807, 2.05) is 6.92 Å². The Morgan fingerprint density at radius 3 is 2.68 bits per heavy atom. The van der Waals surface area contributed by atoms with Crippen molar-refractivity contribution in [1.82, 2.24) is 9.62 Å². The van der Waals surface area contributed by atoms with Crippen molar-refractivity contribution in [3.8, 4) is 0 Å². The summed E-state index contributed by atoms with van der Waals surface area (Å²) in [7, 11) is -3.43. The van der Waals surface area contributed by atoms with Crippen LogP contribution in [0.1, 0.15) is 31.9 Å². The van der Waals surface area contributed by atoms with Crippen LogP contribution in [0.5, 0.6) is 0 Å². The molecular formula is C12H19BrN2O3S. The molecule has 7 heteroatoms. The van der Waals surface area contributed by atoms with E-state index in [1.54, 1.807) is 10.4 Å². The van der Waals surface area contributed by atoms with Crippen molar-refractivity contribution in [2.45, 2.75) is 37.6 Å². The SMILES string of the molecule is CCNCc1cc(S(=O)(=O)N2CCCCC2)c(Br)o1. The maximum atomic E-state index is 12.5. The van der Waals surface area contributed by atoms with E-state index in [-0.39, 0.29) is 4.90 Å². The number of hydrogen-bond donors (Lipinski definition) is 1. The van der Waals surface area contributed by atoms with Crippen LogP contribution in [0.2, 0.25) is 0 Å². The number of nitrogens with one attached hydrogen (secondary N) is 1. The summed E-state index contributed by atoms with van der Waals surface area (Å²) in [5.41, 5.74) is 0. The lowest BCUT2D eigenvalue weighted by atomic mass is 10.2. The summed E-state index contributed by atoms with van der Waals surface area (Å²) < 4.78 is 32.3. The molecule has 0 amide bonds. The van der Waals surface area contributed by atoms with Crippen LogP contribution in [0.3, 0.4) is 0 Å². The maximum Gasteiger partial charge on any atom is 0.247 e. The molecule has 1 aliphatic rings. The monoisotopic (exact) mass is 350 g/mol. The summed E-state index contributed by atoms with van der Waals surface area (Å²) >= 11 is 3.21. The topological polar surface area (TPSA) is 62.6 Å². The number of nitrogens with zero attached hydrogens (tertiary/aromatic N) is 1. The van der Waals surface area contributed by atoms with Crippen LogP contribution in [0, 0.1) is 0 Å². The van der Waals surface area contributed by atoms with Crippen LogP contribution in [0.4, 0.5) is 0 Å². The second-order valence-corrected chi connectivity index (χ2v) is 7.22. The minimum absolute atomic E-state index is 0.238. The third kappa shape index (κ3) is 3.39. The van der Waals surface area contributed by atoms with Crippen LogP contribution in [-0.2, 0) is 16.6 Å². The molecule has 1 N–H and O–H groups in total. The van der Waals surface area contributed by atoms with E-state index >= 15 is 0 Å². The third-order valence-electron chi connectivity index (χ3n) is 3.19. The van der Waals surface area contributed by atoms with Crippen molar-refractivity contribution in [1.29, 1.82) is 0 Å². The van der Waals surface area contributed by atoms with Gasteiger partial charge in [-0.1, -0.05) is 13.3 Å². The van der Waals surface area contributed by atoms with E-state index in [0.717, 1.165) is 25.8 Å². The Bertz CT molecular complexity index is 521. The van der Waals surface area contributed by atoms with Crippen LogP contribution in [-0.4, -0.2) is 32.4 Å². The summed E-state index contributed by atoms with van der Waals surface area (Å²) in [4.78, 5) is 0.238. The second kappa shape index (κ2) is 6.39. The largest absolute Gasteiger partial charge is 0.452 e. The van der Waals surface area contributed by atoms with Crippen molar-refractivity contribution >= 4 is 26.0 Å². The molecule has 19 heavy (non-hydrogen) atoms. The molecule has 2 heterocycles. The summed E-state index contributed by atoms with van der Waals surface area (Å²) in [6.07, 6.45) is 2.96. The lowest BCUT2D eigenvalue weighted by Gasteiger charge is -2.25. The minimum Gasteiger partial charge on any atom is -0.452 e. The Balaban J connectivity index is 2.21. The molecule has 108 valence electrons. The van der Waals surface area contributed by atoms with Gasteiger partial charge in [-0.3, -0.25) is 0 Å². The van der Waals surface area contributed by atoms with Crippen molar-refractivity contribution in [2.75, 3.05) is 19.6 Å². The van der Waals surface area contributed by atoms with Crippen molar-refractivity contribution in [2.24, 2.45) is 0 Å². The molecule has 1 aliphatic heterocycles. The number of furan rings is 1. The van der Waals surface area contributed by atoms with Gasteiger partial charge in [-0.05, 0) is 35.3 Å². The van der Waals surface area contributed by atoms with Gasteiger partial charge in [0.15, 0.2) is 4.67 Å². The van der Waals surface area contributed by atoms with Crippen molar-refractivity contribution in [3.63, 3.8) is 0 Å². The average Bonchev–Trinajstić information content (AvgIpc) is 2.79. The Kier molecular flexibility index (Phi) is 5.05. The summed E-state index contributed by atoms with van der Waals surface area (Å²) in [5.74, 6) is 0.629. The fourth-order valence-electron chi connectivity index (χ4n) is 2.15. The molecule has 0 atom stereocenters. The van der Waals surface area contributed by atoms with Gasteiger partial charge in [0.2, 0.25) is 10.0 Å². The molecule has 5 nitrogen and oxygen atoms in total. The second-order valence-electron chi connectivity index (χ2n) is 4.60. The van der Waals surface area contributed by atoms with E-state index in [4.69, 9.17) is 4.42 Å². The van der Waals surface area contributed by atoms with Crippen LogP contribution < -0.4 is 5.32 Å². The number of sulfonamides is 1. The number of hydrogen-bond acceptors (Lipinski definition) is 4. The predicted octanol–water partition coefficient (Wildman–Crippen LogP) is 2.33. The summed E-state index contributed by atoms with van der Waals surface area (Å²) in [5, 5.41) is 3.11. The normalized spacial score (nSPS) is 17.8. The van der Waals surface area contributed by atoms with Crippen molar-refractivity contribution < 1.29 is 12.8 Å². The lowest BCUT2D eigenvalue weighted by Crippen LogP contribution is -2.35. The number of halogens is 1. The first-order valence-electron chi connectivity index (χ1n) is 6.54. The average molecular weight is 351 g/mol. The smallest absolute Gasteiger partial charge is 0.247 e. The Morgan fingerprint density at radius 1 is 1.37 bits per heavy atom. The van der Waals surface area contributed by atoms with Crippen LogP contribution >= 0.6 is 15.9 Å². The molecule has 1 fully saturated rings. The molecule has 0 saturated carbocycles. The zero-order valence-corrected chi connectivity index (χ0v) is 13.4. The zero-order chi connectivity index (χ0) is 13.9. The molecule has 0 bridgehead atoms. The highest BCUT2D eigenvalue weighted by Gasteiger charge is 2.30. The first-order chi connectivity index (χ1) is 9.05. The molecule has 0 radical (unpaired) electrons. The molecule has 0 spiro atoms. The van der Waals surface area contributed by atoms with E-state index in [0.29, 0.717) is 30.1 Å². The molecule has 1 aromatic heterocycles. The molecule has 0 aromatic carbocycles. The van der Waals surface area contributed by atoms with Gasteiger partial charge in [0, 0.05) is 19.2 Å². The van der Waals surface area contributed by atoms with Gasteiger partial charge < -0.3 is 9.73 Å². The fraction of sp³-hybridized carbons (Fsp3) is 0.667. The van der Waals surface area contributed by atoms with E-state index in [9.17, 15) is 8.42 Å². The number of rotatable bonds is 5. The zero-order valence-electron chi connectivity index (χ0n) is 11.0. The lowest BCUT2D eigenvalue weighted by molar-refractivity contribution is 0.346. The van der Waals surface area contributed by atoms with E-state index in [2.05, 4.69) is 21.2 Å². The number of piperidine rings is 1. The first-order valence-corrected chi connectivity index (χ1v) is 8.78. The van der Waals surface area contributed by atoms with Gasteiger partial charge >= 0.3 is 0 Å². The predicted molar refractivity (Wildman–Crippen MR) is 76.4 cm³/mol. The highest BCUT2D eigenvalue weighted by molar-refractivity contribution is 9.10. The van der Waals surface area contributed by atoms with Gasteiger partial charge in [-0.25, -0.2) is 8.42 Å². The van der Waals surface area contributed by atoms with Gasteiger partial charge in [0.1, 0.15) is 10.7 Å². The molecule has 1 saturated heterocycles. The van der Waals surface area contributed by atoms with Gasteiger partial charge in [0.25, 0.3) is 0 Å². The molecule has 0 aliphatic carbocycles. The molecular weight excluding hydrogens is 332 g/mol. The molecule has 0 unspecified atom stereocenters. The molecule has 1 aromatic rings. The standard InChI is InChI=1S/C12H19BrN2O3S/c1-2-14-9-10-8-11(12(13)18-10)19(16,17)15-6-4-3-5-7-15/h8,14H,2-7,9H2,1H3. The Labute approximate surface area is 122 Å². The van der Waals surface area contributed by atoms with Gasteiger partial charge in [-0.15, -0.1) is 0 Å². The Hall–Kier alpha value is -0.370. The highest BCUT2D eigenvalue weighted by atomic mass is 79.9. The maximum absolute atomic E-state index is 12.5. The quantitative estimate of drug-likeness (QED) is 0.885. The Morgan fingerprint density at radius 2 is 2.05 bits per heavy atom. The van der Waals surface area contributed by atoms with Gasteiger partial charge in [-0.2, -0.15) is 4.31 Å². The van der Waals surface area contributed by atoms with Crippen LogP contribution in [0.15, 0.2) is 20.0 Å². The van der Waals surface area contributed by atoms with Crippen molar-refractivity contribution in [3.05, 3.63) is 16.5 Å². The van der Waals surface area contributed by atoms with E-state index in [1.165, 1.54) is 0 Å².